The van der Waals surface area contributed by atoms with Gasteiger partial charge in [0.25, 0.3) is 0 Å². The third-order valence-electron chi connectivity index (χ3n) is 5.12. The van der Waals surface area contributed by atoms with Gasteiger partial charge in [-0.2, -0.15) is 0 Å². The van der Waals surface area contributed by atoms with E-state index >= 15 is 0 Å². The van der Waals surface area contributed by atoms with Crippen molar-refractivity contribution in [1.82, 2.24) is 10.2 Å². The number of nitrogens with one attached hydrogen (secondary N) is 1. The number of fused-ring (bicyclic) bond motifs is 1. The Morgan fingerprint density at radius 3 is 2.71 bits per heavy atom. The molecule has 1 unspecified atom stereocenters. The number of likely N-dealkylation sites (tertiary alicyclic amines) is 1. The zero-order valence-corrected chi connectivity index (χ0v) is 15.6. The summed E-state index contributed by atoms with van der Waals surface area (Å²) < 4.78 is 13.3. The minimum atomic E-state index is -0.209. The number of carbonyl (C=O) groups is 1. The van der Waals surface area contributed by atoms with Crippen molar-refractivity contribution in [2.45, 2.75) is 19.0 Å². The Hall–Kier alpha value is -2.98. The van der Waals surface area contributed by atoms with Crippen LogP contribution in [0.15, 0.2) is 72.8 Å². The van der Waals surface area contributed by atoms with Crippen LogP contribution < -0.4 is 5.32 Å². The average molecular weight is 374 g/mol. The second kappa shape index (κ2) is 8.36. The lowest BCUT2D eigenvalue weighted by atomic mass is 10.1. The van der Waals surface area contributed by atoms with Crippen molar-refractivity contribution >= 4 is 22.8 Å². The Bertz CT molecular complexity index is 1000. The third-order valence-corrected chi connectivity index (χ3v) is 5.12. The van der Waals surface area contributed by atoms with Crippen LogP contribution in [0.1, 0.15) is 17.5 Å². The molecule has 4 heteroatoms. The molecule has 1 aliphatic rings. The predicted octanol–water partition coefficient (Wildman–Crippen LogP) is 4.38. The minimum absolute atomic E-state index is 0.0524. The molecule has 0 aromatic heterocycles. The molecule has 1 atom stereocenters. The van der Waals surface area contributed by atoms with Gasteiger partial charge < -0.3 is 5.32 Å². The summed E-state index contributed by atoms with van der Waals surface area (Å²) in [4.78, 5) is 14.5. The second-order valence-electron chi connectivity index (χ2n) is 7.30. The highest BCUT2D eigenvalue weighted by Crippen LogP contribution is 2.20. The molecule has 1 fully saturated rings. The zero-order valence-electron chi connectivity index (χ0n) is 15.6. The van der Waals surface area contributed by atoms with Crippen LogP contribution in [0.4, 0.5) is 4.39 Å². The van der Waals surface area contributed by atoms with Gasteiger partial charge in [0, 0.05) is 31.8 Å². The summed E-state index contributed by atoms with van der Waals surface area (Å²) in [7, 11) is 0. The third kappa shape index (κ3) is 4.65. The maximum absolute atomic E-state index is 13.3. The summed E-state index contributed by atoms with van der Waals surface area (Å²) >= 11 is 0. The van der Waals surface area contributed by atoms with E-state index < -0.39 is 0 Å². The fourth-order valence-corrected chi connectivity index (χ4v) is 3.70. The molecule has 3 aromatic rings. The lowest BCUT2D eigenvalue weighted by Gasteiger charge is -2.17. The van der Waals surface area contributed by atoms with E-state index in [0.717, 1.165) is 42.4 Å². The smallest absolute Gasteiger partial charge is 0.244 e. The summed E-state index contributed by atoms with van der Waals surface area (Å²) in [6, 6.07) is 21.0. The van der Waals surface area contributed by atoms with E-state index in [1.807, 2.05) is 48.5 Å². The van der Waals surface area contributed by atoms with E-state index in [1.165, 1.54) is 11.6 Å². The Balaban J connectivity index is 1.31. The molecule has 1 heterocycles. The molecule has 28 heavy (non-hydrogen) atoms. The van der Waals surface area contributed by atoms with Crippen molar-refractivity contribution in [2.24, 2.45) is 0 Å². The van der Waals surface area contributed by atoms with E-state index in [2.05, 4.69) is 22.3 Å². The molecule has 3 aromatic carbocycles. The molecule has 1 saturated heterocycles. The van der Waals surface area contributed by atoms with Crippen LogP contribution >= 0.6 is 0 Å². The van der Waals surface area contributed by atoms with Gasteiger partial charge in [0.1, 0.15) is 5.82 Å². The Labute approximate surface area is 164 Å². The number of amides is 1. The van der Waals surface area contributed by atoms with Crippen LogP contribution in [-0.2, 0) is 11.3 Å². The first-order chi connectivity index (χ1) is 13.7. The van der Waals surface area contributed by atoms with Crippen molar-refractivity contribution in [1.29, 1.82) is 0 Å². The van der Waals surface area contributed by atoms with Gasteiger partial charge in [-0.05, 0) is 52.6 Å². The minimum Gasteiger partial charge on any atom is -0.348 e. The molecule has 4 rings (SSSR count). The predicted molar refractivity (Wildman–Crippen MR) is 111 cm³/mol. The van der Waals surface area contributed by atoms with E-state index in [0.29, 0.717) is 0 Å². The Kier molecular flexibility index (Phi) is 5.49. The van der Waals surface area contributed by atoms with Crippen LogP contribution in [0.3, 0.4) is 0 Å². The lowest BCUT2D eigenvalue weighted by molar-refractivity contribution is -0.117. The van der Waals surface area contributed by atoms with Crippen molar-refractivity contribution in [3.05, 3.63) is 89.8 Å². The quantitative estimate of drug-likeness (QED) is 0.672. The van der Waals surface area contributed by atoms with Crippen LogP contribution in [0.2, 0.25) is 0 Å². The SMILES string of the molecule is O=C(/C=C/c1ccccc1)NC1CCN(Cc2ccc3cc(F)ccc3c2)C1. The molecule has 0 spiro atoms. The highest BCUT2D eigenvalue weighted by atomic mass is 19.1. The number of rotatable bonds is 5. The fraction of sp³-hybridized carbons (Fsp3) is 0.208. The number of carbonyl (C=O) groups excluding carboxylic acids is 1. The molecule has 142 valence electrons. The first-order valence-electron chi connectivity index (χ1n) is 9.60. The molecular weight excluding hydrogens is 351 g/mol. The maximum atomic E-state index is 13.3. The first kappa shape index (κ1) is 18.4. The number of benzene rings is 3. The Morgan fingerprint density at radius 2 is 1.86 bits per heavy atom. The molecule has 1 aliphatic heterocycles. The van der Waals surface area contributed by atoms with E-state index in [4.69, 9.17) is 0 Å². The van der Waals surface area contributed by atoms with Crippen LogP contribution in [-0.4, -0.2) is 29.9 Å². The van der Waals surface area contributed by atoms with Gasteiger partial charge in [-0.1, -0.05) is 48.5 Å². The van der Waals surface area contributed by atoms with Gasteiger partial charge in [0.05, 0.1) is 0 Å². The van der Waals surface area contributed by atoms with Crippen molar-refractivity contribution in [3.63, 3.8) is 0 Å². The first-order valence-corrected chi connectivity index (χ1v) is 9.60. The van der Waals surface area contributed by atoms with Gasteiger partial charge in [0.2, 0.25) is 5.91 Å². The van der Waals surface area contributed by atoms with Gasteiger partial charge in [0.15, 0.2) is 0 Å². The molecule has 1 N–H and O–H groups in total. The largest absolute Gasteiger partial charge is 0.348 e. The summed E-state index contributed by atoms with van der Waals surface area (Å²) in [6.45, 7) is 2.63. The fourth-order valence-electron chi connectivity index (χ4n) is 3.70. The number of nitrogens with zero attached hydrogens (tertiary/aromatic N) is 1. The van der Waals surface area contributed by atoms with Crippen molar-refractivity contribution in [3.8, 4) is 0 Å². The molecule has 0 aliphatic carbocycles. The molecule has 3 nitrogen and oxygen atoms in total. The Morgan fingerprint density at radius 1 is 1.07 bits per heavy atom. The molecular formula is C24H23FN2O. The van der Waals surface area contributed by atoms with Gasteiger partial charge >= 0.3 is 0 Å². The highest BCUT2D eigenvalue weighted by molar-refractivity contribution is 5.91. The van der Waals surface area contributed by atoms with Crippen LogP contribution in [0.25, 0.3) is 16.8 Å². The van der Waals surface area contributed by atoms with Crippen molar-refractivity contribution < 1.29 is 9.18 Å². The maximum Gasteiger partial charge on any atom is 0.244 e. The van der Waals surface area contributed by atoms with Gasteiger partial charge in [-0.3, -0.25) is 9.69 Å². The standard InChI is InChI=1S/C24H23FN2O/c25-22-10-9-20-14-19(6-8-21(20)15-22)16-27-13-12-23(17-27)26-24(28)11-7-18-4-2-1-3-5-18/h1-11,14-15,23H,12-13,16-17H2,(H,26,28)/b11-7+. The van der Waals surface area contributed by atoms with E-state index in [9.17, 15) is 9.18 Å². The zero-order chi connectivity index (χ0) is 19.3. The molecule has 0 radical (unpaired) electrons. The summed E-state index contributed by atoms with van der Waals surface area (Å²) in [5, 5.41) is 5.06. The monoisotopic (exact) mass is 374 g/mol. The van der Waals surface area contributed by atoms with Gasteiger partial charge in [-0.25, -0.2) is 4.39 Å². The number of halogens is 1. The lowest BCUT2D eigenvalue weighted by Crippen LogP contribution is -2.35. The highest BCUT2D eigenvalue weighted by Gasteiger charge is 2.23. The topological polar surface area (TPSA) is 32.3 Å². The van der Waals surface area contributed by atoms with E-state index in [-0.39, 0.29) is 17.8 Å². The number of hydrogen-bond donors (Lipinski definition) is 1. The van der Waals surface area contributed by atoms with Crippen LogP contribution in [0.5, 0.6) is 0 Å². The van der Waals surface area contributed by atoms with Crippen LogP contribution in [0, 0.1) is 5.82 Å². The molecule has 0 bridgehead atoms. The normalized spacial score (nSPS) is 17.4. The summed E-state index contributed by atoms with van der Waals surface area (Å²) in [6.07, 6.45) is 4.38. The van der Waals surface area contributed by atoms with Gasteiger partial charge in [-0.15, -0.1) is 0 Å². The van der Waals surface area contributed by atoms with Crippen molar-refractivity contribution in [2.75, 3.05) is 13.1 Å². The van der Waals surface area contributed by atoms with E-state index in [1.54, 1.807) is 12.1 Å². The molecule has 0 saturated carbocycles. The summed E-state index contributed by atoms with van der Waals surface area (Å²) in [5.41, 5.74) is 2.22. The second-order valence-corrected chi connectivity index (χ2v) is 7.30. The number of hydrogen-bond acceptors (Lipinski definition) is 2. The average Bonchev–Trinajstić information content (AvgIpc) is 3.14. The summed E-state index contributed by atoms with van der Waals surface area (Å²) in [5.74, 6) is -0.261. The molecule has 1 amide bonds.